The van der Waals surface area contributed by atoms with E-state index >= 15 is 0 Å². The Kier molecular flexibility index (Phi) is 30.3. The van der Waals surface area contributed by atoms with E-state index < -0.39 is 0 Å². The van der Waals surface area contributed by atoms with Crippen molar-refractivity contribution >= 4 is 19.2 Å². The predicted octanol–water partition coefficient (Wildman–Crippen LogP) is 7.15. The van der Waals surface area contributed by atoms with Crippen molar-refractivity contribution in [3.05, 3.63) is 65.2 Å². The molecular weight excluding hydrogens is 472 g/mol. The number of benzene rings is 2. The Labute approximate surface area is 234 Å². The van der Waals surface area contributed by atoms with E-state index in [0.29, 0.717) is 5.92 Å². The van der Waals surface area contributed by atoms with Gasteiger partial charge < -0.3 is 26.4 Å². The molecule has 0 fully saturated rings. The lowest BCUT2D eigenvalue weighted by atomic mass is 9.88. The van der Waals surface area contributed by atoms with Crippen LogP contribution in [-0.4, -0.2) is 45.0 Å². The van der Waals surface area contributed by atoms with Gasteiger partial charge in [-0.25, -0.2) is 0 Å². The first-order chi connectivity index (χ1) is 18.1. The summed E-state index contributed by atoms with van der Waals surface area (Å²) in [5, 5.41) is 5.50. The van der Waals surface area contributed by atoms with Gasteiger partial charge in [0.2, 0.25) is 0 Å². The number of nitrogens with zero attached hydrogens (tertiary/aromatic N) is 1. The molecule has 5 N–H and O–H groups in total. The molecule has 2 aromatic carbocycles. The fourth-order valence-corrected chi connectivity index (χ4v) is 3.40. The van der Waals surface area contributed by atoms with Crippen molar-refractivity contribution in [3.63, 3.8) is 0 Å². The SMILES string of the molecule is C=N.C=O.CC.CCc1cccc(Cc2ccc(OC(C)C)cc2)c1.CN.CN=C(C)C(C)(N)CC(C)C. The van der Waals surface area contributed by atoms with Gasteiger partial charge in [0.05, 0.1) is 11.6 Å². The largest absolute Gasteiger partial charge is 0.491 e. The molecule has 0 spiro atoms. The molecule has 0 heterocycles. The lowest BCUT2D eigenvalue weighted by Gasteiger charge is -2.26. The van der Waals surface area contributed by atoms with Gasteiger partial charge in [0, 0.05) is 12.8 Å². The number of rotatable bonds is 8. The molecular formula is C32H58N4O2. The Morgan fingerprint density at radius 3 is 1.84 bits per heavy atom. The summed E-state index contributed by atoms with van der Waals surface area (Å²) in [4.78, 5) is 12.1. The zero-order valence-corrected chi connectivity index (χ0v) is 26.2. The Hall–Kier alpha value is -2.83. The average molecular weight is 531 g/mol. The first-order valence-electron chi connectivity index (χ1n) is 13.4. The van der Waals surface area contributed by atoms with Gasteiger partial charge >= 0.3 is 0 Å². The number of carbonyl (C=O) groups is 1. The molecule has 0 bridgehead atoms. The minimum atomic E-state index is -0.219. The number of aliphatic imine (C=N–C) groups is 1. The molecule has 2 aromatic rings. The molecule has 0 aromatic heterocycles. The number of nitrogens with two attached hydrogens (primary N) is 2. The Bertz CT molecular complexity index is 814. The van der Waals surface area contributed by atoms with E-state index in [1.807, 2.05) is 48.3 Å². The second kappa shape index (κ2) is 27.2. The third-order valence-electron chi connectivity index (χ3n) is 5.10. The van der Waals surface area contributed by atoms with Crippen LogP contribution in [0, 0.1) is 11.3 Å². The van der Waals surface area contributed by atoms with E-state index in [0.717, 1.165) is 30.7 Å². The molecule has 218 valence electrons. The maximum Gasteiger partial charge on any atom is 0.119 e. The van der Waals surface area contributed by atoms with Crippen LogP contribution in [0.15, 0.2) is 53.5 Å². The van der Waals surface area contributed by atoms with E-state index in [9.17, 15) is 0 Å². The van der Waals surface area contributed by atoms with E-state index in [-0.39, 0.29) is 11.6 Å². The van der Waals surface area contributed by atoms with Crippen molar-refractivity contribution in [2.75, 3.05) is 14.1 Å². The maximum atomic E-state index is 8.00. The number of hydrogen-bond donors (Lipinski definition) is 3. The van der Waals surface area contributed by atoms with Crippen LogP contribution in [0.5, 0.6) is 5.75 Å². The summed E-state index contributed by atoms with van der Waals surface area (Å²) in [6.45, 7) is 23.2. The van der Waals surface area contributed by atoms with Crippen LogP contribution in [0.3, 0.4) is 0 Å². The molecule has 0 aliphatic heterocycles. The summed E-state index contributed by atoms with van der Waals surface area (Å²) < 4.78 is 5.66. The van der Waals surface area contributed by atoms with Crippen LogP contribution >= 0.6 is 0 Å². The standard InChI is InChI=1S/C18H22O.C9H20N2.C2H6.CH5N.CH3N.CH2O/c1-4-15-6-5-7-17(12-15)13-16-8-10-18(11-9-16)19-14(2)3;1-7(2)6-9(4,10)8(3)11-5;4*1-2/h5-12,14H,4,13H2,1-3H3;7H,6,10H2,1-5H3;1-2H3;2H2,1H3;2H,1H2;1H2. The smallest absolute Gasteiger partial charge is 0.119 e. The van der Waals surface area contributed by atoms with Gasteiger partial charge in [-0.15, -0.1) is 0 Å². The first kappa shape index (κ1) is 42.3. The van der Waals surface area contributed by atoms with Gasteiger partial charge in [-0.3, -0.25) is 4.99 Å². The van der Waals surface area contributed by atoms with Gasteiger partial charge in [0.15, 0.2) is 0 Å². The van der Waals surface area contributed by atoms with Crippen LogP contribution in [0.25, 0.3) is 0 Å². The highest BCUT2D eigenvalue weighted by molar-refractivity contribution is 5.90. The zero-order valence-electron chi connectivity index (χ0n) is 26.2. The number of nitrogens with one attached hydrogen (secondary N) is 1. The summed E-state index contributed by atoms with van der Waals surface area (Å²) in [6.07, 6.45) is 3.30. The Morgan fingerprint density at radius 2 is 1.45 bits per heavy atom. The summed E-state index contributed by atoms with van der Waals surface area (Å²) in [7, 11) is 3.29. The topological polar surface area (TPSA) is 115 Å². The van der Waals surface area contributed by atoms with E-state index in [1.54, 1.807) is 7.05 Å². The van der Waals surface area contributed by atoms with Gasteiger partial charge in [-0.1, -0.05) is 71.0 Å². The molecule has 6 nitrogen and oxygen atoms in total. The molecule has 6 heteroatoms. The fourth-order valence-electron chi connectivity index (χ4n) is 3.40. The second-order valence-electron chi connectivity index (χ2n) is 8.99. The number of aryl methyl sites for hydroxylation is 1. The highest BCUT2D eigenvalue weighted by Gasteiger charge is 2.22. The molecule has 0 saturated carbocycles. The van der Waals surface area contributed by atoms with E-state index in [1.165, 1.54) is 23.7 Å². The predicted molar refractivity (Wildman–Crippen MR) is 170 cm³/mol. The minimum absolute atomic E-state index is 0.219. The summed E-state index contributed by atoms with van der Waals surface area (Å²) in [6, 6.07) is 17.2. The van der Waals surface area contributed by atoms with Crippen molar-refractivity contribution in [1.29, 1.82) is 5.41 Å². The van der Waals surface area contributed by atoms with Gasteiger partial charge in [-0.2, -0.15) is 0 Å². The van der Waals surface area contributed by atoms with Crippen molar-refractivity contribution in [3.8, 4) is 5.75 Å². The highest BCUT2D eigenvalue weighted by atomic mass is 16.5. The summed E-state index contributed by atoms with van der Waals surface area (Å²) in [5.41, 5.74) is 15.5. The Balaban J connectivity index is -0.000000261. The van der Waals surface area contributed by atoms with E-state index in [2.05, 4.69) is 86.7 Å². The summed E-state index contributed by atoms with van der Waals surface area (Å²) >= 11 is 0. The molecule has 0 amide bonds. The normalized spacial score (nSPS) is 11.3. The fraction of sp³-hybridized carbons (Fsp3) is 0.531. The number of carbonyl (C=O) groups excluding carboxylic acids is 1. The first-order valence-corrected chi connectivity index (χ1v) is 13.4. The molecule has 0 aliphatic carbocycles. The van der Waals surface area contributed by atoms with Gasteiger partial charge in [0.1, 0.15) is 12.5 Å². The second-order valence-corrected chi connectivity index (χ2v) is 8.99. The van der Waals surface area contributed by atoms with Crippen LogP contribution in [0.4, 0.5) is 0 Å². The molecule has 1 unspecified atom stereocenters. The molecule has 0 aliphatic rings. The molecule has 38 heavy (non-hydrogen) atoms. The molecule has 1 atom stereocenters. The third-order valence-corrected chi connectivity index (χ3v) is 5.10. The lowest BCUT2D eigenvalue weighted by Crippen LogP contribution is -2.44. The van der Waals surface area contributed by atoms with Gasteiger partial charge in [-0.05, 0) is 95.5 Å². The highest BCUT2D eigenvalue weighted by Crippen LogP contribution is 2.17. The van der Waals surface area contributed by atoms with Crippen LogP contribution < -0.4 is 16.2 Å². The average Bonchev–Trinajstić information content (AvgIpc) is 2.93. The monoisotopic (exact) mass is 530 g/mol. The molecule has 0 radical (unpaired) electrons. The van der Waals surface area contributed by atoms with Crippen LogP contribution in [0.1, 0.15) is 85.4 Å². The number of hydrogen-bond acceptors (Lipinski definition) is 6. The van der Waals surface area contributed by atoms with Crippen LogP contribution in [0.2, 0.25) is 0 Å². The number of ether oxygens (including phenoxy) is 1. The summed E-state index contributed by atoms with van der Waals surface area (Å²) in [5.74, 6) is 1.57. The van der Waals surface area contributed by atoms with Gasteiger partial charge in [0.25, 0.3) is 0 Å². The lowest BCUT2D eigenvalue weighted by molar-refractivity contribution is -0.0980. The van der Waals surface area contributed by atoms with Crippen molar-refractivity contribution in [2.24, 2.45) is 22.4 Å². The zero-order chi connectivity index (χ0) is 30.7. The van der Waals surface area contributed by atoms with Crippen LogP contribution in [-0.2, 0) is 17.6 Å². The van der Waals surface area contributed by atoms with Crippen molar-refractivity contribution in [2.45, 2.75) is 93.2 Å². The molecule has 0 saturated heterocycles. The van der Waals surface area contributed by atoms with Crippen molar-refractivity contribution in [1.82, 2.24) is 0 Å². The maximum absolute atomic E-state index is 8.00. The quantitative estimate of drug-likeness (QED) is 0.314. The molecule has 2 rings (SSSR count). The minimum Gasteiger partial charge on any atom is -0.491 e. The Morgan fingerprint density at radius 1 is 0.974 bits per heavy atom. The van der Waals surface area contributed by atoms with Crippen molar-refractivity contribution < 1.29 is 9.53 Å². The van der Waals surface area contributed by atoms with E-state index in [4.69, 9.17) is 20.7 Å². The third kappa shape index (κ3) is 21.3.